The van der Waals surface area contributed by atoms with Crippen LogP contribution in [-0.4, -0.2) is 23.1 Å². The number of carboxylic acid groups (broad SMARTS) is 1. The van der Waals surface area contributed by atoms with E-state index in [1.165, 1.54) is 6.20 Å². The van der Waals surface area contributed by atoms with Gasteiger partial charge < -0.3 is 14.8 Å². The molecule has 0 spiro atoms. The molecule has 0 bridgehead atoms. The van der Waals surface area contributed by atoms with Gasteiger partial charge >= 0.3 is 11.9 Å². The topological polar surface area (TPSA) is 75.4 Å². The first-order valence-corrected chi connectivity index (χ1v) is 3.06. The Balaban J connectivity index is 2.73. The van der Waals surface area contributed by atoms with Crippen molar-refractivity contribution in [3.8, 4) is 0 Å². The third-order valence-electron chi connectivity index (χ3n) is 1.09. The highest BCUT2D eigenvalue weighted by molar-refractivity contribution is 5.81. The van der Waals surface area contributed by atoms with Crippen LogP contribution in [0.4, 0.5) is 0 Å². The van der Waals surface area contributed by atoms with Crippen LogP contribution in [0.3, 0.4) is 0 Å². The molecule has 0 unspecified atom stereocenters. The van der Waals surface area contributed by atoms with Crippen molar-refractivity contribution in [3.05, 3.63) is 17.8 Å². The monoisotopic (exact) mass is 156 g/mol. The molecule has 0 atom stereocenters. The Bertz CT molecular complexity index is 256. The van der Waals surface area contributed by atoms with E-state index >= 15 is 0 Å². The van der Waals surface area contributed by atoms with Crippen molar-refractivity contribution in [2.45, 2.75) is 6.54 Å². The van der Waals surface area contributed by atoms with Crippen LogP contribution in [0, 0.1) is 0 Å². The molecule has 0 fully saturated rings. The van der Waals surface area contributed by atoms with Gasteiger partial charge in [-0.25, -0.2) is 9.78 Å². The van der Waals surface area contributed by atoms with Gasteiger partial charge in [-0.2, -0.15) is 0 Å². The highest BCUT2D eigenvalue weighted by Gasteiger charge is 2.09. The molecule has 5 nitrogen and oxygen atoms in total. The standard InChI is InChI=1S/C6H8N2O3/c1-7-2-4-3-8-5(11-4)6(9)10/h3,7H,2H2,1H3,(H,9,10). The number of nitrogens with one attached hydrogen (secondary N) is 1. The van der Waals surface area contributed by atoms with Gasteiger partial charge in [0, 0.05) is 0 Å². The van der Waals surface area contributed by atoms with E-state index in [0.29, 0.717) is 12.3 Å². The zero-order valence-electron chi connectivity index (χ0n) is 6.00. The Kier molecular flexibility index (Phi) is 2.22. The summed E-state index contributed by atoms with van der Waals surface area (Å²) >= 11 is 0. The lowest BCUT2D eigenvalue weighted by atomic mass is 10.5. The van der Waals surface area contributed by atoms with Crippen molar-refractivity contribution in [3.63, 3.8) is 0 Å². The first kappa shape index (κ1) is 7.74. The van der Waals surface area contributed by atoms with Crippen molar-refractivity contribution in [2.75, 3.05) is 7.05 Å². The smallest absolute Gasteiger partial charge is 0.392 e. The largest absolute Gasteiger partial charge is 0.474 e. The van der Waals surface area contributed by atoms with Crippen LogP contribution in [0.1, 0.15) is 16.4 Å². The molecule has 1 rings (SSSR count). The summed E-state index contributed by atoms with van der Waals surface area (Å²) in [5.74, 6) is -0.896. The van der Waals surface area contributed by atoms with Crippen LogP contribution in [-0.2, 0) is 6.54 Å². The van der Waals surface area contributed by atoms with Crippen LogP contribution >= 0.6 is 0 Å². The van der Waals surface area contributed by atoms with Gasteiger partial charge in [0.2, 0.25) is 0 Å². The van der Waals surface area contributed by atoms with Gasteiger partial charge in [-0.3, -0.25) is 0 Å². The third kappa shape index (κ3) is 1.78. The summed E-state index contributed by atoms with van der Waals surface area (Å²) in [5.41, 5.74) is 0. The molecule has 0 aliphatic heterocycles. The number of aromatic nitrogens is 1. The minimum atomic E-state index is -1.15. The average molecular weight is 156 g/mol. The van der Waals surface area contributed by atoms with Gasteiger partial charge in [0.1, 0.15) is 5.76 Å². The number of hydrogen-bond acceptors (Lipinski definition) is 4. The normalized spacial score (nSPS) is 9.91. The molecule has 0 amide bonds. The fourth-order valence-corrected chi connectivity index (χ4v) is 0.662. The molecule has 0 aliphatic rings. The Hall–Kier alpha value is -1.36. The number of rotatable bonds is 3. The fourth-order valence-electron chi connectivity index (χ4n) is 0.662. The second kappa shape index (κ2) is 3.16. The van der Waals surface area contributed by atoms with Gasteiger partial charge in [-0.05, 0) is 7.05 Å². The van der Waals surface area contributed by atoms with Crippen LogP contribution in [0.25, 0.3) is 0 Å². The molecule has 5 heteroatoms. The molecule has 0 aliphatic carbocycles. The van der Waals surface area contributed by atoms with E-state index in [1.807, 2.05) is 0 Å². The van der Waals surface area contributed by atoms with Crippen LogP contribution in [0.15, 0.2) is 10.6 Å². The van der Waals surface area contributed by atoms with Gasteiger partial charge in [-0.1, -0.05) is 0 Å². The minimum absolute atomic E-state index is 0.268. The Labute approximate surface area is 63.0 Å². The summed E-state index contributed by atoms with van der Waals surface area (Å²) in [6.45, 7) is 0.486. The van der Waals surface area contributed by atoms with Crippen molar-refractivity contribution in [1.82, 2.24) is 10.3 Å². The van der Waals surface area contributed by atoms with Crippen molar-refractivity contribution >= 4 is 5.97 Å². The molecule has 1 heterocycles. The number of hydrogen-bond donors (Lipinski definition) is 2. The highest BCUT2D eigenvalue weighted by atomic mass is 16.4. The number of aromatic carboxylic acids is 1. The van der Waals surface area contributed by atoms with E-state index in [2.05, 4.69) is 10.3 Å². The fraction of sp³-hybridized carbons (Fsp3) is 0.333. The molecular formula is C6H8N2O3. The van der Waals surface area contributed by atoms with Gasteiger partial charge in [-0.15, -0.1) is 0 Å². The summed E-state index contributed by atoms with van der Waals surface area (Å²) in [4.78, 5) is 13.8. The lowest BCUT2D eigenvalue weighted by molar-refractivity contribution is 0.0651. The molecule has 1 aromatic heterocycles. The van der Waals surface area contributed by atoms with Gasteiger partial charge in [0.15, 0.2) is 0 Å². The molecule has 0 saturated heterocycles. The van der Waals surface area contributed by atoms with Crippen molar-refractivity contribution in [2.24, 2.45) is 0 Å². The lowest BCUT2D eigenvalue weighted by Gasteiger charge is -1.89. The summed E-state index contributed by atoms with van der Waals surface area (Å²) < 4.78 is 4.81. The summed E-state index contributed by atoms with van der Waals surface area (Å²) in [6.07, 6.45) is 1.39. The SMILES string of the molecule is CNCc1cnc(C(=O)O)o1. The summed E-state index contributed by atoms with van der Waals surface area (Å²) in [7, 11) is 1.74. The van der Waals surface area contributed by atoms with Crippen molar-refractivity contribution < 1.29 is 14.3 Å². The van der Waals surface area contributed by atoms with Crippen molar-refractivity contribution in [1.29, 1.82) is 0 Å². The molecule has 0 saturated carbocycles. The van der Waals surface area contributed by atoms with E-state index in [9.17, 15) is 4.79 Å². The van der Waals surface area contributed by atoms with Crippen LogP contribution in [0.5, 0.6) is 0 Å². The predicted octanol–water partition coefficient (Wildman–Crippen LogP) is 0.0922. The van der Waals surface area contributed by atoms with Gasteiger partial charge in [0.25, 0.3) is 0 Å². The molecule has 2 N–H and O–H groups in total. The van der Waals surface area contributed by atoms with E-state index in [1.54, 1.807) is 7.05 Å². The maximum absolute atomic E-state index is 10.2. The maximum atomic E-state index is 10.2. The number of carbonyl (C=O) groups is 1. The number of carboxylic acids is 1. The number of oxazole rings is 1. The summed E-state index contributed by atoms with van der Waals surface area (Å²) in [5, 5.41) is 11.2. The van der Waals surface area contributed by atoms with E-state index in [4.69, 9.17) is 9.52 Å². The van der Waals surface area contributed by atoms with E-state index in [-0.39, 0.29) is 5.89 Å². The summed E-state index contributed by atoms with van der Waals surface area (Å²) in [6, 6.07) is 0. The second-order valence-electron chi connectivity index (χ2n) is 1.97. The Morgan fingerprint density at radius 1 is 1.91 bits per heavy atom. The molecule has 1 aromatic rings. The van der Waals surface area contributed by atoms with E-state index < -0.39 is 5.97 Å². The highest BCUT2D eigenvalue weighted by Crippen LogP contribution is 2.02. The third-order valence-corrected chi connectivity index (χ3v) is 1.09. The molecule has 60 valence electrons. The molecule has 11 heavy (non-hydrogen) atoms. The lowest BCUT2D eigenvalue weighted by Crippen LogP contribution is -2.03. The molecule has 0 aromatic carbocycles. The first-order chi connectivity index (χ1) is 5.24. The average Bonchev–Trinajstić information content (AvgIpc) is 2.37. The molecule has 0 radical (unpaired) electrons. The Morgan fingerprint density at radius 2 is 2.64 bits per heavy atom. The van der Waals surface area contributed by atoms with E-state index in [0.717, 1.165) is 0 Å². The quantitative estimate of drug-likeness (QED) is 0.648. The minimum Gasteiger partial charge on any atom is -0.474 e. The zero-order valence-corrected chi connectivity index (χ0v) is 6.00. The number of nitrogens with zero attached hydrogens (tertiary/aromatic N) is 1. The predicted molar refractivity (Wildman–Crippen MR) is 36.2 cm³/mol. The second-order valence-corrected chi connectivity index (χ2v) is 1.97. The van der Waals surface area contributed by atoms with Gasteiger partial charge in [0.05, 0.1) is 12.7 Å². The van der Waals surface area contributed by atoms with Crippen LogP contribution < -0.4 is 5.32 Å². The van der Waals surface area contributed by atoms with Crippen LogP contribution in [0.2, 0.25) is 0 Å². The maximum Gasteiger partial charge on any atom is 0.392 e. The zero-order chi connectivity index (χ0) is 8.27. The first-order valence-electron chi connectivity index (χ1n) is 3.06. The Morgan fingerprint density at radius 3 is 3.09 bits per heavy atom. The molecular weight excluding hydrogens is 148 g/mol.